The van der Waals surface area contributed by atoms with Gasteiger partial charge in [0.25, 0.3) is 5.91 Å². The van der Waals surface area contributed by atoms with Gasteiger partial charge in [-0.25, -0.2) is 4.79 Å². The van der Waals surface area contributed by atoms with Crippen molar-refractivity contribution in [1.82, 2.24) is 5.32 Å². The van der Waals surface area contributed by atoms with Crippen LogP contribution in [0.2, 0.25) is 0 Å². The third kappa shape index (κ3) is 2.96. The summed E-state index contributed by atoms with van der Waals surface area (Å²) in [5.74, 6) is -1.41. The van der Waals surface area contributed by atoms with Gasteiger partial charge < -0.3 is 15.2 Å². The standard InChI is InChI=1S/C13H14BrNO4/c14-10-4-2-1-3-9(10)11(16)15-13(12(17)18)5-7-19-8-6-13/h1-4H,5-8H2,(H,15,16)(H,17,18). The van der Waals surface area contributed by atoms with Crippen molar-refractivity contribution in [2.75, 3.05) is 13.2 Å². The van der Waals surface area contributed by atoms with Crippen molar-refractivity contribution in [3.8, 4) is 0 Å². The molecule has 2 N–H and O–H groups in total. The maximum Gasteiger partial charge on any atom is 0.329 e. The Hall–Kier alpha value is -1.40. The van der Waals surface area contributed by atoms with Crippen molar-refractivity contribution in [3.63, 3.8) is 0 Å². The molecule has 0 bridgehead atoms. The molecule has 1 aliphatic heterocycles. The van der Waals surface area contributed by atoms with Crippen molar-refractivity contribution < 1.29 is 19.4 Å². The van der Waals surface area contributed by atoms with Gasteiger partial charge in [0.05, 0.1) is 5.56 Å². The Bertz CT molecular complexity index is 497. The van der Waals surface area contributed by atoms with Crippen molar-refractivity contribution in [2.24, 2.45) is 0 Å². The smallest absolute Gasteiger partial charge is 0.329 e. The Morgan fingerprint density at radius 3 is 2.47 bits per heavy atom. The summed E-state index contributed by atoms with van der Waals surface area (Å²) in [7, 11) is 0. The molecule has 0 unspecified atom stereocenters. The molecular weight excluding hydrogens is 314 g/mol. The van der Waals surface area contributed by atoms with Crippen LogP contribution in [0.1, 0.15) is 23.2 Å². The van der Waals surface area contributed by atoms with Crippen LogP contribution in [0.4, 0.5) is 0 Å². The number of halogens is 1. The summed E-state index contributed by atoms with van der Waals surface area (Å²) in [6.07, 6.45) is 0.553. The zero-order valence-electron chi connectivity index (χ0n) is 10.2. The summed E-state index contributed by atoms with van der Waals surface area (Å²) in [5, 5.41) is 12.0. The lowest BCUT2D eigenvalue weighted by molar-refractivity contribution is -0.148. The number of aliphatic carboxylic acids is 1. The normalized spacial score (nSPS) is 17.7. The zero-order chi connectivity index (χ0) is 13.9. The highest BCUT2D eigenvalue weighted by Crippen LogP contribution is 2.23. The lowest BCUT2D eigenvalue weighted by atomic mass is 9.89. The molecule has 6 heteroatoms. The quantitative estimate of drug-likeness (QED) is 0.887. The van der Waals surface area contributed by atoms with Crippen molar-refractivity contribution in [1.29, 1.82) is 0 Å². The number of carbonyl (C=O) groups excluding carboxylic acids is 1. The average molecular weight is 328 g/mol. The van der Waals surface area contributed by atoms with Crippen molar-refractivity contribution in [2.45, 2.75) is 18.4 Å². The SMILES string of the molecule is O=C(NC1(C(=O)O)CCOCC1)c1ccccc1Br. The highest BCUT2D eigenvalue weighted by atomic mass is 79.9. The van der Waals surface area contributed by atoms with E-state index in [1.165, 1.54) is 0 Å². The van der Waals surface area contributed by atoms with Gasteiger partial charge in [0.2, 0.25) is 0 Å². The molecule has 1 heterocycles. The largest absolute Gasteiger partial charge is 0.480 e. The Morgan fingerprint density at radius 2 is 1.89 bits per heavy atom. The number of amides is 1. The summed E-state index contributed by atoms with van der Waals surface area (Å²) >= 11 is 3.28. The van der Waals surface area contributed by atoms with E-state index in [2.05, 4.69) is 21.2 Å². The molecule has 0 saturated carbocycles. The van der Waals surface area contributed by atoms with E-state index in [4.69, 9.17) is 4.74 Å². The highest BCUT2D eigenvalue weighted by molar-refractivity contribution is 9.10. The Morgan fingerprint density at radius 1 is 1.26 bits per heavy atom. The first kappa shape index (κ1) is 14.0. The van der Waals surface area contributed by atoms with Crippen molar-refractivity contribution >= 4 is 27.8 Å². The molecular formula is C13H14BrNO4. The third-order valence-corrected chi connectivity index (χ3v) is 3.92. The van der Waals surface area contributed by atoms with Gasteiger partial charge in [0.15, 0.2) is 0 Å². The van der Waals surface area contributed by atoms with Crippen LogP contribution in [0.25, 0.3) is 0 Å². The molecule has 0 aromatic heterocycles. The maximum absolute atomic E-state index is 12.2. The number of hydrogen-bond donors (Lipinski definition) is 2. The van der Waals surface area contributed by atoms with Crippen LogP contribution in [0.5, 0.6) is 0 Å². The van der Waals surface area contributed by atoms with Crippen LogP contribution in [-0.2, 0) is 9.53 Å². The zero-order valence-corrected chi connectivity index (χ0v) is 11.8. The molecule has 5 nitrogen and oxygen atoms in total. The number of nitrogens with one attached hydrogen (secondary N) is 1. The number of ether oxygens (including phenoxy) is 1. The second-order valence-electron chi connectivity index (χ2n) is 4.43. The average Bonchev–Trinajstić information content (AvgIpc) is 2.40. The van der Waals surface area contributed by atoms with E-state index in [0.29, 0.717) is 23.2 Å². The van der Waals surface area contributed by atoms with Crippen LogP contribution in [0, 0.1) is 0 Å². The third-order valence-electron chi connectivity index (χ3n) is 3.23. The molecule has 0 spiro atoms. The fourth-order valence-electron chi connectivity index (χ4n) is 2.04. The van der Waals surface area contributed by atoms with Crippen LogP contribution in [0.15, 0.2) is 28.7 Å². The summed E-state index contributed by atoms with van der Waals surface area (Å²) in [6.45, 7) is 0.672. The molecule has 1 aromatic rings. The van der Waals surface area contributed by atoms with Crippen molar-refractivity contribution in [3.05, 3.63) is 34.3 Å². The number of carboxylic acids is 1. The molecule has 1 saturated heterocycles. The van der Waals surface area contributed by atoms with Gasteiger partial charge in [0.1, 0.15) is 5.54 Å². The van der Waals surface area contributed by atoms with Gasteiger partial charge in [-0.2, -0.15) is 0 Å². The van der Waals surface area contributed by atoms with Gasteiger partial charge >= 0.3 is 5.97 Å². The second-order valence-corrected chi connectivity index (χ2v) is 5.29. The van der Waals surface area contributed by atoms with E-state index in [1.807, 2.05) is 0 Å². The molecule has 0 aliphatic carbocycles. The fraction of sp³-hybridized carbons (Fsp3) is 0.385. The molecule has 0 radical (unpaired) electrons. The van der Waals surface area contributed by atoms with Gasteiger partial charge in [-0.3, -0.25) is 4.79 Å². The van der Waals surface area contributed by atoms with Crippen LogP contribution < -0.4 is 5.32 Å². The molecule has 1 fully saturated rings. The van der Waals surface area contributed by atoms with E-state index in [9.17, 15) is 14.7 Å². The topological polar surface area (TPSA) is 75.6 Å². The number of carboxylic acid groups (broad SMARTS) is 1. The summed E-state index contributed by atoms with van der Waals surface area (Å²) in [4.78, 5) is 23.6. The number of benzene rings is 1. The minimum atomic E-state index is -1.23. The molecule has 102 valence electrons. The first-order valence-electron chi connectivity index (χ1n) is 5.93. The van der Waals surface area contributed by atoms with E-state index >= 15 is 0 Å². The number of hydrogen-bond acceptors (Lipinski definition) is 3. The molecule has 2 rings (SSSR count). The molecule has 0 atom stereocenters. The minimum absolute atomic E-state index is 0.276. The van der Waals surface area contributed by atoms with Gasteiger partial charge in [-0.1, -0.05) is 12.1 Å². The first-order chi connectivity index (χ1) is 9.05. The van der Waals surface area contributed by atoms with E-state index < -0.39 is 17.4 Å². The predicted molar refractivity (Wildman–Crippen MR) is 72.0 cm³/mol. The van der Waals surface area contributed by atoms with E-state index in [0.717, 1.165) is 0 Å². The lowest BCUT2D eigenvalue weighted by Gasteiger charge is -2.33. The van der Waals surface area contributed by atoms with E-state index in [-0.39, 0.29) is 12.8 Å². The summed E-state index contributed by atoms with van der Waals surface area (Å²) in [6, 6.07) is 6.92. The van der Waals surface area contributed by atoms with Gasteiger partial charge in [0, 0.05) is 30.5 Å². The monoisotopic (exact) mass is 327 g/mol. The predicted octanol–water partition coefficient (Wildman–Crippen LogP) is 1.81. The first-order valence-corrected chi connectivity index (χ1v) is 6.73. The molecule has 1 aliphatic rings. The van der Waals surface area contributed by atoms with Gasteiger partial charge in [-0.15, -0.1) is 0 Å². The maximum atomic E-state index is 12.2. The van der Waals surface area contributed by atoms with E-state index in [1.54, 1.807) is 24.3 Å². The summed E-state index contributed by atoms with van der Waals surface area (Å²) in [5.41, 5.74) is -0.806. The lowest BCUT2D eigenvalue weighted by Crippen LogP contribution is -2.57. The molecule has 19 heavy (non-hydrogen) atoms. The fourth-order valence-corrected chi connectivity index (χ4v) is 2.51. The second kappa shape index (κ2) is 5.71. The Labute approximate surface area is 119 Å². The van der Waals surface area contributed by atoms with Crippen LogP contribution in [-0.4, -0.2) is 35.7 Å². The van der Waals surface area contributed by atoms with Crippen LogP contribution >= 0.6 is 15.9 Å². The molecule has 1 amide bonds. The Balaban J connectivity index is 2.20. The molecule has 1 aromatic carbocycles. The number of rotatable bonds is 3. The Kier molecular flexibility index (Phi) is 4.21. The highest BCUT2D eigenvalue weighted by Gasteiger charge is 2.41. The van der Waals surface area contributed by atoms with Crippen LogP contribution in [0.3, 0.4) is 0 Å². The summed E-state index contributed by atoms with van der Waals surface area (Å²) < 4.78 is 5.80. The van der Waals surface area contributed by atoms with Gasteiger partial charge in [-0.05, 0) is 28.1 Å². The number of carbonyl (C=O) groups is 2. The minimum Gasteiger partial charge on any atom is -0.480 e.